The molecule has 0 amide bonds. The Labute approximate surface area is 99.5 Å². The van der Waals surface area contributed by atoms with E-state index in [0.29, 0.717) is 6.04 Å². The van der Waals surface area contributed by atoms with Gasteiger partial charge in [0.1, 0.15) is 0 Å². The van der Waals surface area contributed by atoms with Crippen LogP contribution in [-0.4, -0.2) is 18.0 Å². The van der Waals surface area contributed by atoms with Crippen LogP contribution in [-0.2, 0) is 0 Å². The Morgan fingerprint density at radius 2 is 2.06 bits per heavy atom. The van der Waals surface area contributed by atoms with Crippen LogP contribution >= 0.6 is 0 Å². The third-order valence-corrected chi connectivity index (χ3v) is 3.79. The van der Waals surface area contributed by atoms with E-state index in [1.54, 1.807) is 0 Å². The van der Waals surface area contributed by atoms with Gasteiger partial charge in [0.15, 0.2) is 0 Å². The minimum atomic E-state index is 0.559. The quantitative estimate of drug-likeness (QED) is 0.745. The molecule has 1 aromatic carbocycles. The molecule has 0 N–H and O–H groups in total. The van der Waals surface area contributed by atoms with Crippen LogP contribution in [0.15, 0.2) is 30.3 Å². The van der Waals surface area contributed by atoms with Gasteiger partial charge in [-0.2, -0.15) is 0 Å². The normalized spacial score (nSPS) is 24.2. The molecule has 2 atom stereocenters. The van der Waals surface area contributed by atoms with Crippen molar-refractivity contribution in [3.8, 4) is 0 Å². The van der Waals surface area contributed by atoms with Crippen molar-refractivity contribution < 1.29 is 0 Å². The van der Waals surface area contributed by atoms with Crippen LogP contribution in [0.2, 0.25) is 0 Å². The van der Waals surface area contributed by atoms with E-state index in [4.69, 9.17) is 0 Å². The van der Waals surface area contributed by atoms with Crippen molar-refractivity contribution in [1.82, 2.24) is 4.90 Å². The van der Waals surface area contributed by atoms with E-state index in [-0.39, 0.29) is 0 Å². The third-order valence-electron chi connectivity index (χ3n) is 3.79. The monoisotopic (exact) mass is 216 g/mol. The van der Waals surface area contributed by atoms with Crippen molar-refractivity contribution in [3.63, 3.8) is 0 Å². The van der Waals surface area contributed by atoms with Crippen molar-refractivity contribution in [1.29, 1.82) is 0 Å². The molecule has 0 spiro atoms. The number of benzene rings is 1. The van der Waals surface area contributed by atoms with Crippen molar-refractivity contribution in [3.05, 3.63) is 42.3 Å². The molecule has 0 aliphatic carbocycles. The van der Waals surface area contributed by atoms with Crippen LogP contribution in [0, 0.1) is 12.3 Å². The molecule has 1 fully saturated rings. The van der Waals surface area contributed by atoms with Crippen LogP contribution in [0.4, 0.5) is 0 Å². The number of likely N-dealkylation sites (tertiary alicyclic amines) is 1. The number of hydrogen-bond donors (Lipinski definition) is 0. The Kier molecular flexibility index (Phi) is 4.00. The fourth-order valence-electron chi connectivity index (χ4n) is 2.61. The molecule has 0 bridgehead atoms. The fraction of sp³-hybridized carbons (Fsp3) is 0.533. The molecule has 0 aromatic heterocycles. The first kappa shape index (κ1) is 11.7. The highest BCUT2D eigenvalue weighted by molar-refractivity contribution is 5.18. The first-order valence-corrected chi connectivity index (χ1v) is 6.39. The lowest BCUT2D eigenvalue weighted by atomic mass is 9.93. The van der Waals surface area contributed by atoms with Gasteiger partial charge < -0.3 is 0 Å². The SMILES string of the molecule is C[CH]C1CCCN(C(C)c2ccccc2)C1. The summed E-state index contributed by atoms with van der Waals surface area (Å²) in [6.07, 6.45) is 5.07. The maximum Gasteiger partial charge on any atom is 0.0319 e. The van der Waals surface area contributed by atoms with Gasteiger partial charge in [0.2, 0.25) is 0 Å². The zero-order chi connectivity index (χ0) is 11.4. The summed E-state index contributed by atoms with van der Waals surface area (Å²) in [4.78, 5) is 2.61. The second kappa shape index (κ2) is 5.49. The zero-order valence-electron chi connectivity index (χ0n) is 10.4. The van der Waals surface area contributed by atoms with Gasteiger partial charge in [-0.3, -0.25) is 4.90 Å². The summed E-state index contributed by atoms with van der Waals surface area (Å²) in [5.74, 6) is 0.792. The van der Waals surface area contributed by atoms with E-state index >= 15 is 0 Å². The predicted molar refractivity (Wildman–Crippen MR) is 69.1 cm³/mol. The smallest absolute Gasteiger partial charge is 0.0319 e. The third kappa shape index (κ3) is 2.65. The minimum Gasteiger partial charge on any atom is -0.296 e. The second-order valence-corrected chi connectivity index (χ2v) is 4.82. The molecule has 1 nitrogen and oxygen atoms in total. The highest BCUT2D eigenvalue weighted by Crippen LogP contribution is 2.27. The molecule has 1 heteroatoms. The van der Waals surface area contributed by atoms with Crippen LogP contribution in [0.1, 0.15) is 38.3 Å². The average Bonchev–Trinajstić information content (AvgIpc) is 2.39. The largest absolute Gasteiger partial charge is 0.296 e. The lowest BCUT2D eigenvalue weighted by Gasteiger charge is -2.36. The summed E-state index contributed by atoms with van der Waals surface area (Å²) >= 11 is 0. The molecular weight excluding hydrogens is 194 g/mol. The van der Waals surface area contributed by atoms with Gasteiger partial charge in [-0.05, 0) is 44.2 Å². The molecule has 2 rings (SSSR count). The second-order valence-electron chi connectivity index (χ2n) is 4.82. The van der Waals surface area contributed by atoms with E-state index in [0.717, 1.165) is 5.92 Å². The number of piperidine rings is 1. The van der Waals surface area contributed by atoms with Crippen molar-refractivity contribution in [2.75, 3.05) is 13.1 Å². The first-order valence-electron chi connectivity index (χ1n) is 6.39. The van der Waals surface area contributed by atoms with Crippen molar-refractivity contribution >= 4 is 0 Å². The van der Waals surface area contributed by atoms with Crippen LogP contribution in [0.3, 0.4) is 0 Å². The van der Waals surface area contributed by atoms with Gasteiger partial charge in [0.05, 0.1) is 0 Å². The molecule has 1 aliphatic heterocycles. The van der Waals surface area contributed by atoms with Crippen LogP contribution < -0.4 is 0 Å². The standard InChI is InChI=1S/C15H22N/c1-3-14-8-7-11-16(12-14)13(2)15-9-5-4-6-10-15/h3-6,9-10,13-14H,7-8,11-12H2,1-2H3. The predicted octanol–water partition coefficient (Wildman–Crippen LogP) is 3.68. The molecule has 0 saturated carbocycles. The summed E-state index contributed by atoms with van der Waals surface area (Å²) in [5.41, 5.74) is 1.44. The Balaban J connectivity index is 2.01. The van der Waals surface area contributed by atoms with Gasteiger partial charge >= 0.3 is 0 Å². The summed E-state index contributed by atoms with van der Waals surface area (Å²) in [7, 11) is 0. The molecule has 1 radical (unpaired) electrons. The van der Waals surface area contributed by atoms with Crippen molar-refractivity contribution in [2.24, 2.45) is 5.92 Å². The number of nitrogens with zero attached hydrogens (tertiary/aromatic N) is 1. The Morgan fingerprint density at radius 1 is 1.31 bits per heavy atom. The molecule has 1 aliphatic rings. The number of hydrogen-bond acceptors (Lipinski definition) is 1. The van der Waals surface area contributed by atoms with Gasteiger partial charge in [0.25, 0.3) is 0 Å². The summed E-state index contributed by atoms with van der Waals surface area (Å²) in [6.45, 7) is 7.00. The zero-order valence-corrected chi connectivity index (χ0v) is 10.4. The van der Waals surface area contributed by atoms with Gasteiger partial charge in [-0.25, -0.2) is 0 Å². The molecule has 1 saturated heterocycles. The highest BCUT2D eigenvalue weighted by Gasteiger charge is 2.23. The first-order chi connectivity index (χ1) is 7.81. The van der Waals surface area contributed by atoms with E-state index in [1.165, 1.54) is 31.5 Å². The molecule has 1 aromatic rings. The van der Waals surface area contributed by atoms with Crippen molar-refractivity contribution in [2.45, 2.75) is 32.7 Å². The van der Waals surface area contributed by atoms with E-state index in [2.05, 4.69) is 55.5 Å². The van der Waals surface area contributed by atoms with Crippen LogP contribution in [0.5, 0.6) is 0 Å². The molecular formula is C15H22N. The lowest BCUT2D eigenvalue weighted by Crippen LogP contribution is -2.37. The fourth-order valence-corrected chi connectivity index (χ4v) is 2.61. The number of rotatable bonds is 3. The van der Waals surface area contributed by atoms with E-state index in [1.807, 2.05) is 0 Å². The van der Waals surface area contributed by atoms with Crippen LogP contribution in [0.25, 0.3) is 0 Å². The Bertz CT molecular complexity index is 306. The topological polar surface area (TPSA) is 3.24 Å². The average molecular weight is 216 g/mol. The maximum atomic E-state index is 2.61. The molecule has 2 unspecified atom stereocenters. The maximum absolute atomic E-state index is 2.61. The summed E-state index contributed by atoms with van der Waals surface area (Å²) in [5, 5.41) is 0. The molecule has 87 valence electrons. The van der Waals surface area contributed by atoms with E-state index in [9.17, 15) is 0 Å². The summed E-state index contributed by atoms with van der Waals surface area (Å²) in [6, 6.07) is 11.4. The Hall–Kier alpha value is -0.820. The molecule has 16 heavy (non-hydrogen) atoms. The van der Waals surface area contributed by atoms with Gasteiger partial charge in [0, 0.05) is 12.6 Å². The van der Waals surface area contributed by atoms with Gasteiger partial charge in [-0.15, -0.1) is 0 Å². The van der Waals surface area contributed by atoms with Gasteiger partial charge in [-0.1, -0.05) is 37.3 Å². The summed E-state index contributed by atoms with van der Waals surface area (Å²) < 4.78 is 0. The molecule has 1 heterocycles. The van der Waals surface area contributed by atoms with E-state index < -0.39 is 0 Å². The lowest BCUT2D eigenvalue weighted by molar-refractivity contribution is 0.143. The Morgan fingerprint density at radius 3 is 2.75 bits per heavy atom. The minimum absolute atomic E-state index is 0.559. The highest BCUT2D eigenvalue weighted by atomic mass is 15.2.